The van der Waals surface area contributed by atoms with Gasteiger partial charge in [0, 0.05) is 38.3 Å². The molecule has 1 aromatic carbocycles. The monoisotopic (exact) mass is 886 g/mol. The van der Waals surface area contributed by atoms with Crippen LogP contribution >= 0.6 is 0 Å². The van der Waals surface area contributed by atoms with Crippen LogP contribution in [0.2, 0.25) is 0 Å². The molecule has 6 N–H and O–H groups in total. The topological polar surface area (TPSA) is 234 Å². The molecule has 1 aromatic rings. The van der Waals surface area contributed by atoms with E-state index in [1.54, 1.807) is 21.9 Å². The van der Waals surface area contributed by atoms with Crippen molar-refractivity contribution in [3.63, 3.8) is 0 Å². The number of carbonyl (C=O) groups excluding carboxylic acids is 5. The number of benzene rings is 1. The molecule has 4 fully saturated rings. The molecule has 4 aliphatic heterocycles. The summed E-state index contributed by atoms with van der Waals surface area (Å²) in [7, 11) is -1.65. The minimum absolute atomic E-state index is 0. The second-order valence-corrected chi connectivity index (χ2v) is 13.4. The molecular weight excluding hydrogens is 840 g/mol. The molecule has 4 heterocycles. The summed E-state index contributed by atoms with van der Waals surface area (Å²) in [5, 5.41) is 31.2. The molecule has 0 spiro atoms. The van der Waals surface area contributed by atoms with Crippen LogP contribution in [0.25, 0.3) is 0 Å². The summed E-state index contributed by atoms with van der Waals surface area (Å²) in [6.45, 7) is 3.93. The molecule has 0 radical (unpaired) electrons. The maximum absolute atomic E-state index is 13.1. The summed E-state index contributed by atoms with van der Waals surface area (Å²) in [6, 6.07) is 5.31. The Morgan fingerprint density at radius 1 is 0.868 bits per heavy atom. The van der Waals surface area contributed by atoms with Gasteiger partial charge in [-0.1, -0.05) is 26.2 Å². The van der Waals surface area contributed by atoms with Crippen molar-refractivity contribution in [3.8, 4) is 0 Å². The quantitative estimate of drug-likeness (QED) is 0.0586. The van der Waals surface area contributed by atoms with E-state index in [0.717, 1.165) is 0 Å². The summed E-state index contributed by atoms with van der Waals surface area (Å²) in [6.07, 6.45) is 1.98. The Morgan fingerprint density at radius 3 is 1.98 bits per heavy atom. The standard InChI is InChI=1S/C32H45BN8O11.Gd/c1-21(32(48)41-8-2-3-26(41)33(49)50)34-31(47)22-4-6-23(7-5-22)35-36-27(42)17-37-9-11-39-16-25(52-30(46)19-39)14-38(18-28(43)44)10-12-40-15-24(13-37)51-29(45)20-40;/h4-7,21,26,35,49-50H,2-3,8-20H2,1H3,(H,34,47)(H,36,42)(H,43,44);/q-2;+2/t21-,26+;/m1./s1. The molecule has 53 heavy (non-hydrogen) atoms. The molecule has 5 rings (SSSR count). The van der Waals surface area contributed by atoms with Crippen molar-refractivity contribution in [1.29, 1.82) is 0 Å². The van der Waals surface area contributed by atoms with Crippen LogP contribution in [0.5, 0.6) is 0 Å². The van der Waals surface area contributed by atoms with E-state index in [1.165, 1.54) is 24.0 Å². The van der Waals surface area contributed by atoms with Gasteiger partial charge in [0.25, 0.3) is 23.8 Å². The number of morpholine rings is 2. The molecular formula is C32H45BGdN8O11. The first-order valence-corrected chi connectivity index (χ1v) is 17.2. The van der Waals surface area contributed by atoms with Gasteiger partial charge in [-0.05, 0) is 44.0 Å². The Bertz CT molecular complexity index is 1480. The molecule has 2 unspecified atom stereocenters. The van der Waals surface area contributed by atoms with Gasteiger partial charge in [0.1, 0.15) is 6.04 Å². The van der Waals surface area contributed by atoms with E-state index in [9.17, 15) is 43.9 Å². The van der Waals surface area contributed by atoms with Crippen LogP contribution in [0.1, 0.15) is 30.1 Å². The normalized spacial score (nSPS) is 24.1. The van der Waals surface area contributed by atoms with E-state index in [4.69, 9.17) is 9.47 Å². The molecule has 4 saturated heterocycles. The number of rotatable bonds is 10. The fraction of sp³-hybridized carbons (Fsp3) is 0.562. The third-order valence-electron chi connectivity index (χ3n) is 9.15. The van der Waals surface area contributed by atoms with Crippen molar-refractivity contribution in [3.05, 3.63) is 42.0 Å². The van der Waals surface area contributed by atoms with E-state index in [-0.39, 0.29) is 84.8 Å². The largest absolute Gasteiger partial charge is 2.00 e. The smallest absolute Gasteiger partial charge is 0.631 e. The van der Waals surface area contributed by atoms with Crippen LogP contribution in [0, 0.1) is 52.1 Å². The fourth-order valence-corrected chi connectivity index (χ4v) is 6.65. The summed E-state index contributed by atoms with van der Waals surface area (Å²) in [4.78, 5) is 83.7. The van der Waals surface area contributed by atoms with Gasteiger partial charge in [0.15, 0.2) is 0 Å². The van der Waals surface area contributed by atoms with Crippen molar-refractivity contribution < 1.29 is 93.3 Å². The summed E-state index contributed by atoms with van der Waals surface area (Å²) < 4.78 is 11.0. The van der Waals surface area contributed by atoms with Gasteiger partial charge in [0.2, 0.25) is 5.91 Å². The molecule has 3 amide bonds. The second kappa shape index (κ2) is 20.1. The van der Waals surface area contributed by atoms with Gasteiger partial charge in [-0.2, -0.15) is 0 Å². The Balaban J connectivity index is 0.00000627. The molecule has 19 nitrogen and oxygen atoms in total. The zero-order chi connectivity index (χ0) is 37.4. The maximum Gasteiger partial charge on any atom is 2.00 e. The Hall–Kier alpha value is -3.01. The van der Waals surface area contributed by atoms with Crippen molar-refractivity contribution in [2.24, 2.45) is 0 Å². The van der Waals surface area contributed by atoms with Crippen LogP contribution in [0.4, 0.5) is 5.69 Å². The number of esters is 2. The third-order valence-corrected chi connectivity index (χ3v) is 9.15. The van der Waals surface area contributed by atoms with Gasteiger partial charge in [-0.15, -0.1) is 12.2 Å². The zero-order valence-corrected chi connectivity index (χ0v) is 31.6. The number of likely N-dealkylation sites (tertiary alicyclic amines) is 1. The van der Waals surface area contributed by atoms with Crippen LogP contribution in [0.3, 0.4) is 0 Å². The van der Waals surface area contributed by atoms with Crippen molar-refractivity contribution in [2.45, 2.75) is 31.7 Å². The average molecular weight is 886 g/mol. The van der Waals surface area contributed by atoms with Crippen LogP contribution in [-0.2, 0) is 33.4 Å². The number of anilines is 1. The van der Waals surface area contributed by atoms with Gasteiger partial charge < -0.3 is 54.4 Å². The number of nitrogens with one attached hydrogen (secondary N) is 3. The van der Waals surface area contributed by atoms with Gasteiger partial charge in [-0.25, -0.2) is 0 Å². The van der Waals surface area contributed by atoms with Crippen molar-refractivity contribution in [1.82, 2.24) is 35.2 Å². The number of hydrogen-bond acceptors (Lipinski definition) is 15. The molecule has 0 aromatic heterocycles. The Labute approximate surface area is 339 Å². The number of hydrazine groups is 1. The number of hydrogen-bond donors (Lipinski definition) is 6. The van der Waals surface area contributed by atoms with E-state index >= 15 is 0 Å². The van der Waals surface area contributed by atoms with Crippen LogP contribution in [0.15, 0.2) is 24.3 Å². The minimum atomic E-state index is -1.65. The SMILES string of the molecule is C[C@@H](NC(=O)c1ccc(NNC(=O)CN2CCN3CC(=O)O[C-](CN(CC(=O)O)CCN4CC(=O)O[C-](C2)C4)C3)cc1)C(=O)N1CCC[C@H]1B(O)O.[Gd+2]. The molecule has 4 bridgehead atoms. The zero-order valence-electron chi connectivity index (χ0n) is 29.3. The number of carboxylic acid groups (broad SMARTS) is 1. The number of carboxylic acids is 1. The summed E-state index contributed by atoms with van der Waals surface area (Å²) >= 11 is 0. The van der Waals surface area contributed by atoms with Crippen LogP contribution < -0.4 is 16.2 Å². The Kier molecular flexibility index (Phi) is 16.2. The number of fused-ring (bicyclic) bond motifs is 4. The number of aliphatic carboxylic acids is 1. The summed E-state index contributed by atoms with van der Waals surface area (Å²) in [5.74, 6) is -3.94. The molecule has 4 atom stereocenters. The Morgan fingerprint density at radius 2 is 1.43 bits per heavy atom. The van der Waals surface area contributed by atoms with E-state index in [2.05, 4.69) is 16.2 Å². The predicted octanol–water partition coefficient (Wildman–Crippen LogP) is -3.27. The first kappa shape index (κ1) is 42.7. The molecule has 21 heteroatoms. The van der Waals surface area contributed by atoms with Crippen molar-refractivity contribution in [2.75, 3.05) is 90.5 Å². The second-order valence-electron chi connectivity index (χ2n) is 13.4. The fourth-order valence-electron chi connectivity index (χ4n) is 6.65. The number of nitrogens with zero attached hydrogens (tertiary/aromatic N) is 5. The van der Waals surface area contributed by atoms with E-state index in [1.807, 2.05) is 9.80 Å². The molecule has 290 valence electrons. The number of ether oxygens (including phenoxy) is 2. The molecule has 0 aliphatic carbocycles. The number of carbonyl (C=O) groups is 6. The van der Waals surface area contributed by atoms with Crippen molar-refractivity contribution >= 4 is 48.4 Å². The predicted molar refractivity (Wildman–Crippen MR) is 182 cm³/mol. The molecule has 4 aliphatic rings. The van der Waals surface area contributed by atoms with Gasteiger partial charge in [0.05, 0.1) is 37.8 Å². The summed E-state index contributed by atoms with van der Waals surface area (Å²) in [5.41, 5.74) is 6.20. The van der Waals surface area contributed by atoms with Crippen LogP contribution in [-0.4, -0.2) is 179 Å². The first-order chi connectivity index (χ1) is 24.8. The maximum atomic E-state index is 13.1. The van der Waals surface area contributed by atoms with Gasteiger partial charge in [-0.3, -0.25) is 39.6 Å². The third kappa shape index (κ3) is 12.8. The van der Waals surface area contributed by atoms with E-state index in [0.29, 0.717) is 76.6 Å². The first-order valence-electron chi connectivity index (χ1n) is 17.2. The van der Waals surface area contributed by atoms with E-state index < -0.39 is 54.7 Å². The number of amides is 3. The average Bonchev–Trinajstić information content (AvgIpc) is 3.58. The van der Waals surface area contributed by atoms with Gasteiger partial charge >= 0.3 is 53.0 Å². The minimum Gasteiger partial charge on any atom is -0.631 e. The molecule has 0 saturated carbocycles.